The number of benzene rings is 1. The molecule has 3 aromatic rings. The number of nitrogens with one attached hydrogen (secondary N) is 2. The maximum Gasteiger partial charge on any atom is 0.0725 e. The number of aromatic nitrogens is 3. The van der Waals surface area contributed by atoms with Gasteiger partial charge in [-0.3, -0.25) is 10.1 Å². The van der Waals surface area contributed by atoms with Crippen LogP contribution in [0.25, 0.3) is 10.9 Å². The quantitative estimate of drug-likeness (QED) is 0.737. The van der Waals surface area contributed by atoms with Crippen LogP contribution in [0.15, 0.2) is 42.7 Å². The Morgan fingerprint density at radius 1 is 1.28 bits per heavy atom. The third kappa shape index (κ3) is 2.05. The Labute approximate surface area is 105 Å². The van der Waals surface area contributed by atoms with E-state index in [1.54, 1.807) is 0 Å². The van der Waals surface area contributed by atoms with Crippen molar-refractivity contribution >= 4 is 16.6 Å². The third-order valence-electron chi connectivity index (χ3n) is 2.88. The summed E-state index contributed by atoms with van der Waals surface area (Å²) in [4.78, 5) is 4.52. The predicted molar refractivity (Wildman–Crippen MR) is 72.4 cm³/mol. The van der Waals surface area contributed by atoms with Crippen LogP contribution in [0.3, 0.4) is 0 Å². The summed E-state index contributed by atoms with van der Waals surface area (Å²) in [6.07, 6.45) is 3.71. The van der Waals surface area contributed by atoms with Crippen LogP contribution in [0.2, 0.25) is 0 Å². The van der Waals surface area contributed by atoms with E-state index in [9.17, 15) is 0 Å². The molecular formula is C14H14N4. The van der Waals surface area contributed by atoms with Crippen molar-refractivity contribution in [3.8, 4) is 0 Å². The van der Waals surface area contributed by atoms with Crippen molar-refractivity contribution in [1.29, 1.82) is 0 Å². The molecule has 0 unspecified atom stereocenters. The Hall–Kier alpha value is -2.36. The van der Waals surface area contributed by atoms with E-state index in [0.717, 1.165) is 34.4 Å². The Bertz CT molecular complexity index is 659. The van der Waals surface area contributed by atoms with Gasteiger partial charge < -0.3 is 5.32 Å². The van der Waals surface area contributed by atoms with E-state index < -0.39 is 0 Å². The number of H-pyrrole nitrogens is 1. The largest absolute Gasteiger partial charge is 0.380 e. The summed E-state index contributed by atoms with van der Waals surface area (Å²) < 4.78 is 0. The fourth-order valence-corrected chi connectivity index (χ4v) is 2.03. The van der Waals surface area contributed by atoms with Crippen LogP contribution >= 0.6 is 0 Å². The minimum absolute atomic E-state index is 0.754. The number of pyridine rings is 1. The fourth-order valence-electron chi connectivity index (χ4n) is 2.03. The molecule has 0 spiro atoms. The molecule has 0 aliphatic rings. The van der Waals surface area contributed by atoms with E-state index in [0.29, 0.717) is 0 Å². The highest BCUT2D eigenvalue weighted by atomic mass is 15.1. The minimum atomic E-state index is 0.754. The van der Waals surface area contributed by atoms with Crippen molar-refractivity contribution in [3.63, 3.8) is 0 Å². The number of rotatable bonds is 3. The van der Waals surface area contributed by atoms with Gasteiger partial charge in [-0.05, 0) is 19.1 Å². The van der Waals surface area contributed by atoms with Crippen LogP contribution in [0, 0.1) is 6.92 Å². The van der Waals surface area contributed by atoms with Gasteiger partial charge in [0.2, 0.25) is 0 Å². The molecule has 2 N–H and O–H groups in total. The van der Waals surface area contributed by atoms with Gasteiger partial charge in [0.1, 0.15) is 0 Å². The molecule has 0 saturated heterocycles. The first-order chi connectivity index (χ1) is 8.83. The third-order valence-corrected chi connectivity index (χ3v) is 2.88. The fraction of sp³-hybridized carbons (Fsp3) is 0.143. The molecule has 1 aromatic carbocycles. The lowest BCUT2D eigenvalue weighted by Crippen LogP contribution is -2.00. The van der Waals surface area contributed by atoms with Crippen LogP contribution in [-0.2, 0) is 6.54 Å². The van der Waals surface area contributed by atoms with E-state index in [4.69, 9.17) is 0 Å². The lowest BCUT2D eigenvalue weighted by atomic mass is 10.1. The Balaban J connectivity index is 1.95. The Morgan fingerprint density at radius 3 is 3.00 bits per heavy atom. The van der Waals surface area contributed by atoms with Gasteiger partial charge in [-0.15, -0.1) is 0 Å². The SMILES string of the molecule is Cc1cc(NCc2cn[nH]c2)c2ccccc2n1. The van der Waals surface area contributed by atoms with Gasteiger partial charge in [-0.1, -0.05) is 18.2 Å². The number of hydrogen-bond donors (Lipinski definition) is 2. The van der Waals surface area contributed by atoms with E-state index in [-0.39, 0.29) is 0 Å². The maximum absolute atomic E-state index is 4.52. The second-order valence-corrected chi connectivity index (χ2v) is 4.29. The van der Waals surface area contributed by atoms with E-state index in [1.165, 1.54) is 0 Å². The van der Waals surface area contributed by atoms with Crippen LogP contribution in [0.4, 0.5) is 5.69 Å². The van der Waals surface area contributed by atoms with Crippen LogP contribution in [0.1, 0.15) is 11.3 Å². The summed E-state index contributed by atoms with van der Waals surface area (Å²) in [5, 5.41) is 11.3. The van der Waals surface area contributed by atoms with Crippen molar-refractivity contribution in [2.24, 2.45) is 0 Å². The Morgan fingerprint density at radius 2 is 2.17 bits per heavy atom. The van der Waals surface area contributed by atoms with E-state index >= 15 is 0 Å². The number of para-hydroxylation sites is 1. The normalized spacial score (nSPS) is 10.7. The summed E-state index contributed by atoms with van der Waals surface area (Å²) in [5.41, 5.74) is 4.28. The monoisotopic (exact) mass is 238 g/mol. The maximum atomic E-state index is 4.52. The summed E-state index contributed by atoms with van der Waals surface area (Å²) in [7, 11) is 0. The van der Waals surface area contributed by atoms with E-state index in [1.807, 2.05) is 37.5 Å². The summed E-state index contributed by atoms with van der Waals surface area (Å²) in [6, 6.07) is 10.2. The highest BCUT2D eigenvalue weighted by Gasteiger charge is 2.03. The number of aryl methyl sites for hydroxylation is 1. The molecule has 18 heavy (non-hydrogen) atoms. The van der Waals surface area contributed by atoms with Gasteiger partial charge in [0.15, 0.2) is 0 Å². The minimum Gasteiger partial charge on any atom is -0.380 e. The second kappa shape index (κ2) is 4.49. The van der Waals surface area contributed by atoms with Crippen LogP contribution < -0.4 is 5.32 Å². The smallest absolute Gasteiger partial charge is 0.0725 e. The molecule has 0 amide bonds. The molecule has 4 heteroatoms. The van der Waals surface area contributed by atoms with Crippen molar-refractivity contribution < 1.29 is 0 Å². The van der Waals surface area contributed by atoms with Crippen molar-refractivity contribution in [3.05, 3.63) is 54.0 Å². The topological polar surface area (TPSA) is 53.6 Å². The number of nitrogens with zero attached hydrogens (tertiary/aromatic N) is 2. The molecular weight excluding hydrogens is 224 g/mol. The zero-order chi connectivity index (χ0) is 12.4. The molecule has 3 rings (SSSR count). The summed E-state index contributed by atoms with van der Waals surface area (Å²) in [6.45, 7) is 2.76. The van der Waals surface area contributed by atoms with E-state index in [2.05, 4.69) is 32.6 Å². The molecule has 0 saturated carbocycles. The molecule has 0 aliphatic heterocycles. The Kier molecular flexibility index (Phi) is 2.68. The second-order valence-electron chi connectivity index (χ2n) is 4.29. The summed E-state index contributed by atoms with van der Waals surface area (Å²) in [5.74, 6) is 0. The van der Waals surface area contributed by atoms with Crippen molar-refractivity contribution in [2.45, 2.75) is 13.5 Å². The van der Waals surface area contributed by atoms with Crippen molar-refractivity contribution in [1.82, 2.24) is 15.2 Å². The average Bonchev–Trinajstić information content (AvgIpc) is 2.89. The lowest BCUT2D eigenvalue weighted by molar-refractivity contribution is 1.09. The molecule has 4 nitrogen and oxygen atoms in total. The van der Waals surface area contributed by atoms with Crippen LogP contribution in [0.5, 0.6) is 0 Å². The molecule has 0 radical (unpaired) electrons. The number of anilines is 1. The lowest BCUT2D eigenvalue weighted by Gasteiger charge is -2.09. The number of fused-ring (bicyclic) bond motifs is 1. The number of aromatic amines is 1. The van der Waals surface area contributed by atoms with Crippen molar-refractivity contribution in [2.75, 3.05) is 5.32 Å². The molecule has 0 bridgehead atoms. The molecule has 0 aliphatic carbocycles. The van der Waals surface area contributed by atoms with Gasteiger partial charge in [-0.2, -0.15) is 5.10 Å². The highest BCUT2D eigenvalue weighted by molar-refractivity contribution is 5.91. The standard InChI is InChI=1S/C14H14N4/c1-10-6-14(15-7-11-8-16-17-9-11)12-4-2-3-5-13(12)18-10/h2-6,8-9H,7H2,1H3,(H,15,18)(H,16,17). The summed E-state index contributed by atoms with van der Waals surface area (Å²) >= 11 is 0. The first-order valence-electron chi connectivity index (χ1n) is 5.91. The van der Waals surface area contributed by atoms with Gasteiger partial charge in [0.25, 0.3) is 0 Å². The van der Waals surface area contributed by atoms with Gasteiger partial charge in [0, 0.05) is 35.1 Å². The number of hydrogen-bond acceptors (Lipinski definition) is 3. The first-order valence-corrected chi connectivity index (χ1v) is 5.91. The molecule has 2 aromatic heterocycles. The molecule has 2 heterocycles. The van der Waals surface area contributed by atoms with Gasteiger partial charge >= 0.3 is 0 Å². The molecule has 0 fully saturated rings. The van der Waals surface area contributed by atoms with Gasteiger partial charge in [0.05, 0.1) is 11.7 Å². The first kappa shape index (κ1) is 10.8. The highest BCUT2D eigenvalue weighted by Crippen LogP contribution is 2.23. The zero-order valence-electron chi connectivity index (χ0n) is 10.1. The molecule has 0 atom stereocenters. The zero-order valence-corrected chi connectivity index (χ0v) is 10.1. The predicted octanol–water partition coefficient (Wildman–Crippen LogP) is 2.88. The average molecular weight is 238 g/mol. The molecule has 90 valence electrons. The van der Waals surface area contributed by atoms with Crippen LogP contribution in [-0.4, -0.2) is 15.2 Å². The van der Waals surface area contributed by atoms with Gasteiger partial charge in [-0.25, -0.2) is 0 Å².